The number of anilines is 2. The molecule has 278 valence electrons. The lowest BCUT2D eigenvalue weighted by Crippen LogP contribution is -2.54. The maximum atomic E-state index is 13.9. The Bertz CT molecular complexity index is 1570. The number of likely N-dealkylation sites (tertiary alicyclic amines) is 1. The highest BCUT2D eigenvalue weighted by Crippen LogP contribution is 2.38. The van der Waals surface area contributed by atoms with Crippen molar-refractivity contribution in [2.24, 2.45) is 5.92 Å². The Hall–Kier alpha value is -3.55. The van der Waals surface area contributed by atoms with Crippen LogP contribution in [0.15, 0.2) is 36.4 Å². The number of para-hydroxylation sites is 1. The zero-order valence-corrected chi connectivity index (χ0v) is 29.9. The molecule has 3 heterocycles. The van der Waals surface area contributed by atoms with E-state index in [-0.39, 0.29) is 47.2 Å². The number of Topliss-reactive ketones (excluding diaryl/α,β-unsaturated/α-hetero) is 1. The number of nitrogens with one attached hydrogen (secondary N) is 2. The number of piperazine rings is 1. The molecule has 0 bridgehead atoms. The molecular weight excluding hydrogens is 683 g/mol. The van der Waals surface area contributed by atoms with Crippen LogP contribution in [0.3, 0.4) is 0 Å². The van der Waals surface area contributed by atoms with Crippen LogP contribution in [0.25, 0.3) is 0 Å². The molecule has 4 amide bonds. The van der Waals surface area contributed by atoms with Crippen LogP contribution in [0.4, 0.5) is 34.1 Å². The van der Waals surface area contributed by atoms with Crippen molar-refractivity contribution in [3.8, 4) is 0 Å². The highest BCUT2D eigenvalue weighted by molar-refractivity contribution is 6.33. The first-order chi connectivity index (χ1) is 24.4. The van der Waals surface area contributed by atoms with Crippen molar-refractivity contribution in [1.82, 2.24) is 24.9 Å². The van der Waals surface area contributed by atoms with E-state index in [9.17, 15) is 27.6 Å². The third-order valence-electron chi connectivity index (χ3n) is 11.3. The largest absolute Gasteiger partial charge is 0.418 e. The number of nitrogens with zero attached hydrogens (tertiary/aromatic N) is 4. The zero-order valence-electron chi connectivity index (χ0n) is 29.2. The van der Waals surface area contributed by atoms with Gasteiger partial charge < -0.3 is 31.1 Å². The average Bonchev–Trinajstić information content (AvgIpc) is 3.27. The highest BCUT2D eigenvalue weighted by atomic mass is 35.5. The van der Waals surface area contributed by atoms with Crippen LogP contribution in [-0.2, 0) is 23.8 Å². The molecule has 4 aliphatic rings. The molecule has 2 aromatic rings. The normalized spacial score (nSPS) is 23.3. The molecule has 0 spiro atoms. The summed E-state index contributed by atoms with van der Waals surface area (Å²) >= 11 is 6.14. The maximum Gasteiger partial charge on any atom is 0.418 e. The van der Waals surface area contributed by atoms with E-state index in [1.54, 1.807) is 4.90 Å². The number of likely N-dealkylation sites (N-methyl/N-ethyl adjacent to an activating group) is 1. The van der Waals surface area contributed by atoms with Gasteiger partial charge in [-0.05, 0) is 93.7 Å². The molecule has 2 saturated heterocycles. The number of piperidine rings is 1. The minimum absolute atomic E-state index is 0.0560. The Kier molecular flexibility index (Phi) is 11.7. The number of rotatable bonds is 8. The fourth-order valence-electron chi connectivity index (χ4n) is 8.19. The van der Waals surface area contributed by atoms with Gasteiger partial charge >= 0.3 is 18.2 Å². The highest BCUT2D eigenvalue weighted by Gasteiger charge is 2.37. The summed E-state index contributed by atoms with van der Waals surface area (Å²) in [6.07, 6.45) is 0.988. The summed E-state index contributed by atoms with van der Waals surface area (Å²) in [6, 6.07) is 8.79. The van der Waals surface area contributed by atoms with Crippen LogP contribution in [0, 0.1) is 5.92 Å². The SMILES string of the molecule is CN1CCN(C2CCC(CC(=O)[C@@H](Cc3cc(Cl)c(N)c(C(F)(F)F)c3)NC(=O)N3CCC(N4CCc5ccccc5NC4=O)CC3)CC2)CC1. The van der Waals surface area contributed by atoms with Gasteiger partial charge in [-0.3, -0.25) is 9.69 Å². The lowest BCUT2D eigenvalue weighted by atomic mass is 9.81. The summed E-state index contributed by atoms with van der Waals surface area (Å²) in [7, 11) is 2.13. The van der Waals surface area contributed by atoms with Crippen molar-refractivity contribution in [3.05, 3.63) is 58.1 Å². The minimum atomic E-state index is -4.73. The van der Waals surface area contributed by atoms with Crippen LogP contribution in [0.5, 0.6) is 0 Å². The molecule has 3 fully saturated rings. The smallest absolute Gasteiger partial charge is 0.397 e. The van der Waals surface area contributed by atoms with E-state index in [1.165, 1.54) is 6.07 Å². The number of nitrogen functional groups attached to an aromatic ring is 1. The maximum absolute atomic E-state index is 13.9. The molecule has 14 heteroatoms. The van der Waals surface area contributed by atoms with E-state index >= 15 is 0 Å². The number of halogens is 4. The summed E-state index contributed by atoms with van der Waals surface area (Å²) in [5.74, 6) is -0.0633. The topological polar surface area (TPSA) is 114 Å². The lowest BCUT2D eigenvalue weighted by Gasteiger charge is -2.41. The number of hydrogen-bond acceptors (Lipinski definition) is 6. The van der Waals surface area contributed by atoms with Crippen LogP contribution in [0.1, 0.15) is 61.6 Å². The zero-order chi connectivity index (χ0) is 36.3. The van der Waals surface area contributed by atoms with E-state index in [1.807, 2.05) is 29.2 Å². The number of fused-ring (bicyclic) bond motifs is 1. The van der Waals surface area contributed by atoms with Crippen molar-refractivity contribution < 1.29 is 27.6 Å². The van der Waals surface area contributed by atoms with Crippen LogP contribution in [-0.4, -0.2) is 108 Å². The first-order valence-corrected chi connectivity index (χ1v) is 18.5. The van der Waals surface area contributed by atoms with Gasteiger partial charge in [-0.25, -0.2) is 9.59 Å². The van der Waals surface area contributed by atoms with Gasteiger partial charge in [0, 0.05) is 70.0 Å². The van der Waals surface area contributed by atoms with Crippen LogP contribution >= 0.6 is 11.6 Å². The number of benzene rings is 2. The first-order valence-electron chi connectivity index (χ1n) is 18.2. The van der Waals surface area contributed by atoms with Crippen LogP contribution in [0.2, 0.25) is 5.02 Å². The third kappa shape index (κ3) is 9.10. The average molecular weight is 732 g/mol. The standard InChI is InChI=1S/C37H49ClF3N7O3/c1-45-16-18-46(19-17-45)27-8-6-24(7-9-27)23-33(49)32(22-25-20-29(37(39,40)41)34(42)30(38)21-25)44-35(50)47-13-11-28(12-14-47)48-15-10-26-4-2-3-5-31(26)43-36(48)51/h2-5,20-21,24,27-28,32H,6-19,22-23,42H2,1H3,(H,43,51)(H,44,50)/t24?,27?,32-/m1/s1. The molecular formula is C37H49ClF3N7O3. The number of nitrogens with two attached hydrogens (primary N) is 1. The van der Waals surface area contributed by atoms with Gasteiger partial charge in [0.2, 0.25) is 0 Å². The summed E-state index contributed by atoms with van der Waals surface area (Å²) in [4.78, 5) is 49.0. The molecule has 10 nitrogen and oxygen atoms in total. The van der Waals surface area contributed by atoms with E-state index < -0.39 is 29.5 Å². The quantitative estimate of drug-likeness (QED) is 0.293. The van der Waals surface area contributed by atoms with Gasteiger partial charge in [0.1, 0.15) is 0 Å². The van der Waals surface area contributed by atoms with Gasteiger partial charge in [-0.1, -0.05) is 29.8 Å². The molecule has 51 heavy (non-hydrogen) atoms. The van der Waals surface area contributed by atoms with Crippen molar-refractivity contribution in [1.29, 1.82) is 0 Å². The monoisotopic (exact) mass is 731 g/mol. The van der Waals surface area contributed by atoms with Gasteiger partial charge in [0.05, 0.1) is 22.3 Å². The van der Waals surface area contributed by atoms with Crippen molar-refractivity contribution >= 4 is 40.8 Å². The Morgan fingerprint density at radius 2 is 1.65 bits per heavy atom. The molecule has 4 N–H and O–H groups in total. The van der Waals surface area contributed by atoms with E-state index in [0.717, 1.165) is 75.6 Å². The molecule has 1 atom stereocenters. The molecule has 3 aliphatic heterocycles. The third-order valence-corrected chi connectivity index (χ3v) is 11.6. The van der Waals surface area contributed by atoms with E-state index in [0.29, 0.717) is 38.5 Å². The van der Waals surface area contributed by atoms with E-state index in [2.05, 4.69) is 27.5 Å². The first kappa shape index (κ1) is 37.2. The van der Waals surface area contributed by atoms with Gasteiger partial charge in [-0.15, -0.1) is 0 Å². The lowest BCUT2D eigenvalue weighted by molar-refractivity contribution is -0.137. The van der Waals surface area contributed by atoms with Gasteiger partial charge in [0.15, 0.2) is 5.78 Å². The molecule has 2 aromatic carbocycles. The summed E-state index contributed by atoms with van der Waals surface area (Å²) in [5, 5.41) is 5.64. The minimum Gasteiger partial charge on any atom is -0.397 e. The summed E-state index contributed by atoms with van der Waals surface area (Å²) in [5.41, 5.74) is 6.11. The number of alkyl halides is 3. The second-order valence-electron chi connectivity index (χ2n) is 14.7. The van der Waals surface area contributed by atoms with Crippen molar-refractivity contribution in [2.75, 3.05) is 63.9 Å². The Labute approximate surface area is 302 Å². The number of ketones is 1. The number of hydrogen-bond donors (Lipinski definition) is 3. The Balaban J connectivity index is 1.10. The molecule has 1 saturated carbocycles. The fourth-order valence-corrected chi connectivity index (χ4v) is 8.44. The second-order valence-corrected chi connectivity index (χ2v) is 15.1. The van der Waals surface area contributed by atoms with Crippen molar-refractivity contribution in [2.45, 2.75) is 82.1 Å². The fraction of sp³-hybridized carbons (Fsp3) is 0.595. The van der Waals surface area contributed by atoms with E-state index in [4.69, 9.17) is 17.3 Å². The second kappa shape index (κ2) is 16.0. The number of carbonyl (C=O) groups excluding carboxylic acids is 3. The molecule has 1 aliphatic carbocycles. The number of amides is 4. The summed E-state index contributed by atoms with van der Waals surface area (Å²) in [6.45, 7) is 5.49. The molecule has 0 aromatic heterocycles. The number of urea groups is 2. The van der Waals surface area contributed by atoms with Gasteiger partial charge in [-0.2, -0.15) is 13.2 Å². The predicted molar refractivity (Wildman–Crippen MR) is 192 cm³/mol. The summed E-state index contributed by atoms with van der Waals surface area (Å²) < 4.78 is 41.5. The van der Waals surface area contributed by atoms with Crippen molar-refractivity contribution in [3.63, 3.8) is 0 Å². The molecule has 0 unspecified atom stereocenters. The van der Waals surface area contributed by atoms with Gasteiger partial charge in [0.25, 0.3) is 0 Å². The Morgan fingerprint density at radius 3 is 2.33 bits per heavy atom. The predicted octanol–water partition coefficient (Wildman–Crippen LogP) is 5.88. The molecule has 6 rings (SSSR count). The van der Waals surface area contributed by atoms with Crippen LogP contribution < -0.4 is 16.4 Å². The number of carbonyl (C=O) groups is 3. The molecule has 0 radical (unpaired) electrons. The Morgan fingerprint density at radius 1 is 0.961 bits per heavy atom.